The van der Waals surface area contributed by atoms with Gasteiger partial charge in [0.2, 0.25) is 0 Å². The second-order valence-corrected chi connectivity index (χ2v) is 4.23. The Bertz CT molecular complexity index is 281. The summed E-state index contributed by atoms with van der Waals surface area (Å²) >= 11 is 0. The molecular formula is C13H19NaO2. The van der Waals surface area contributed by atoms with Crippen molar-refractivity contribution in [3.8, 4) is 0 Å². The first-order valence-electron chi connectivity index (χ1n) is 5.68. The Morgan fingerprint density at radius 2 is 1.69 bits per heavy atom. The zero-order valence-electron chi connectivity index (χ0n) is 8.93. The van der Waals surface area contributed by atoms with E-state index in [9.17, 15) is 5.11 Å². The van der Waals surface area contributed by atoms with Crippen LogP contribution in [0.3, 0.4) is 0 Å². The monoisotopic (exact) mass is 230 g/mol. The molecule has 1 saturated carbocycles. The summed E-state index contributed by atoms with van der Waals surface area (Å²) in [5.41, 5.74) is 1.23. The minimum atomic E-state index is -0.0958. The fourth-order valence-electron chi connectivity index (χ4n) is 2.00. The first kappa shape index (κ1) is 14.2. The molecule has 1 N–H and O–H groups in total. The van der Waals surface area contributed by atoms with E-state index in [1.807, 2.05) is 18.2 Å². The van der Waals surface area contributed by atoms with Crippen LogP contribution in [-0.4, -0.2) is 46.9 Å². The third-order valence-corrected chi connectivity index (χ3v) is 2.97. The molecule has 84 valence electrons. The van der Waals surface area contributed by atoms with Crippen LogP contribution < -0.4 is 0 Å². The third-order valence-electron chi connectivity index (χ3n) is 2.97. The molecule has 0 spiro atoms. The number of benzene rings is 1. The number of hydrogen-bond donors (Lipinski definition) is 1. The van der Waals surface area contributed by atoms with Crippen molar-refractivity contribution in [2.75, 3.05) is 0 Å². The van der Waals surface area contributed by atoms with Crippen molar-refractivity contribution in [3.05, 3.63) is 35.9 Å². The molecule has 2 nitrogen and oxygen atoms in total. The average molecular weight is 230 g/mol. The van der Waals surface area contributed by atoms with Crippen LogP contribution in [0.1, 0.15) is 31.2 Å². The van der Waals surface area contributed by atoms with Crippen molar-refractivity contribution in [2.45, 2.75) is 44.5 Å². The third kappa shape index (κ3) is 4.56. The molecule has 0 unspecified atom stereocenters. The van der Waals surface area contributed by atoms with Gasteiger partial charge in [0.15, 0.2) is 0 Å². The molecule has 0 amide bonds. The number of ether oxygens (including phenoxy) is 1. The summed E-state index contributed by atoms with van der Waals surface area (Å²) in [7, 11) is 0. The van der Waals surface area contributed by atoms with E-state index in [4.69, 9.17) is 4.74 Å². The molecule has 0 bridgehead atoms. The summed E-state index contributed by atoms with van der Waals surface area (Å²) in [6.07, 6.45) is 4.01. The maximum absolute atomic E-state index is 9.36. The van der Waals surface area contributed by atoms with Gasteiger partial charge in [-0.2, -0.15) is 0 Å². The van der Waals surface area contributed by atoms with Crippen molar-refractivity contribution in [3.63, 3.8) is 0 Å². The van der Waals surface area contributed by atoms with E-state index in [-0.39, 0.29) is 35.7 Å². The Kier molecular flexibility index (Phi) is 6.62. The summed E-state index contributed by atoms with van der Waals surface area (Å²) in [5, 5.41) is 9.36. The van der Waals surface area contributed by atoms with Crippen LogP contribution in [0.25, 0.3) is 0 Å². The van der Waals surface area contributed by atoms with Gasteiger partial charge in [0.25, 0.3) is 0 Å². The van der Waals surface area contributed by atoms with E-state index < -0.39 is 0 Å². The second-order valence-electron chi connectivity index (χ2n) is 4.23. The quantitative estimate of drug-likeness (QED) is 0.803. The fraction of sp³-hybridized carbons (Fsp3) is 0.538. The Morgan fingerprint density at radius 1 is 1.06 bits per heavy atom. The fourth-order valence-corrected chi connectivity index (χ4v) is 2.00. The van der Waals surface area contributed by atoms with Crippen molar-refractivity contribution >= 4 is 29.6 Å². The van der Waals surface area contributed by atoms with Gasteiger partial charge in [-0.3, -0.25) is 0 Å². The normalized spacial score (nSPS) is 24.8. The van der Waals surface area contributed by atoms with Gasteiger partial charge >= 0.3 is 29.6 Å². The van der Waals surface area contributed by atoms with E-state index in [1.54, 1.807) is 0 Å². The summed E-state index contributed by atoms with van der Waals surface area (Å²) in [5.74, 6) is 0. The van der Waals surface area contributed by atoms with Crippen LogP contribution in [0.5, 0.6) is 0 Å². The molecule has 0 heterocycles. The molecule has 0 aromatic heterocycles. The van der Waals surface area contributed by atoms with E-state index in [0.717, 1.165) is 25.7 Å². The zero-order chi connectivity index (χ0) is 10.5. The maximum atomic E-state index is 9.36. The van der Waals surface area contributed by atoms with Crippen molar-refractivity contribution in [1.29, 1.82) is 0 Å². The van der Waals surface area contributed by atoms with Crippen molar-refractivity contribution < 1.29 is 9.84 Å². The molecule has 0 saturated heterocycles. The Labute approximate surface area is 119 Å². The molecule has 0 radical (unpaired) electrons. The molecule has 1 aromatic rings. The predicted molar refractivity (Wildman–Crippen MR) is 66.6 cm³/mol. The van der Waals surface area contributed by atoms with Gasteiger partial charge in [-0.1, -0.05) is 30.3 Å². The number of aliphatic hydroxyl groups excluding tert-OH is 1. The molecule has 1 fully saturated rings. The van der Waals surface area contributed by atoms with E-state index in [0.29, 0.717) is 12.7 Å². The van der Waals surface area contributed by atoms with Gasteiger partial charge in [-0.15, -0.1) is 0 Å². The van der Waals surface area contributed by atoms with Crippen LogP contribution >= 0.6 is 0 Å². The van der Waals surface area contributed by atoms with E-state index in [2.05, 4.69) is 12.1 Å². The second kappa shape index (κ2) is 7.46. The Hall–Kier alpha value is 0.140. The molecule has 1 aliphatic carbocycles. The van der Waals surface area contributed by atoms with Gasteiger partial charge < -0.3 is 9.84 Å². The van der Waals surface area contributed by atoms with E-state index >= 15 is 0 Å². The number of rotatable bonds is 3. The molecule has 3 heteroatoms. The Morgan fingerprint density at radius 3 is 2.31 bits per heavy atom. The molecule has 16 heavy (non-hydrogen) atoms. The Balaban J connectivity index is 0.00000128. The van der Waals surface area contributed by atoms with Crippen LogP contribution in [0.15, 0.2) is 30.3 Å². The van der Waals surface area contributed by atoms with E-state index in [1.165, 1.54) is 5.56 Å². The standard InChI is InChI=1S/C13H18O2.Na.H/c14-12-6-8-13(9-7-12)15-10-11-4-2-1-3-5-11;;/h1-5,12-14H,6-10H2;;. The number of hydrogen-bond acceptors (Lipinski definition) is 2. The summed E-state index contributed by atoms with van der Waals surface area (Å²) in [4.78, 5) is 0. The van der Waals surface area contributed by atoms with Gasteiger partial charge in [0.1, 0.15) is 0 Å². The first-order valence-corrected chi connectivity index (χ1v) is 5.68. The van der Waals surface area contributed by atoms with Crippen LogP contribution in [0.2, 0.25) is 0 Å². The van der Waals surface area contributed by atoms with Crippen LogP contribution in [-0.2, 0) is 11.3 Å². The zero-order valence-corrected chi connectivity index (χ0v) is 8.93. The molecular weight excluding hydrogens is 211 g/mol. The van der Waals surface area contributed by atoms with Gasteiger partial charge in [-0.25, -0.2) is 0 Å². The molecule has 2 rings (SSSR count). The summed E-state index contributed by atoms with van der Waals surface area (Å²) in [6.45, 7) is 0.696. The molecule has 0 atom stereocenters. The summed E-state index contributed by atoms with van der Waals surface area (Å²) in [6, 6.07) is 10.2. The van der Waals surface area contributed by atoms with Crippen LogP contribution in [0, 0.1) is 0 Å². The molecule has 1 aliphatic rings. The van der Waals surface area contributed by atoms with Gasteiger partial charge in [-0.05, 0) is 31.2 Å². The topological polar surface area (TPSA) is 29.5 Å². The average Bonchev–Trinajstić information content (AvgIpc) is 2.30. The molecule has 0 aliphatic heterocycles. The van der Waals surface area contributed by atoms with Crippen LogP contribution in [0.4, 0.5) is 0 Å². The van der Waals surface area contributed by atoms with Crippen molar-refractivity contribution in [1.82, 2.24) is 0 Å². The van der Waals surface area contributed by atoms with Crippen molar-refractivity contribution in [2.24, 2.45) is 0 Å². The SMILES string of the molecule is OC1CCC(OCc2ccccc2)CC1.[NaH]. The molecule has 1 aromatic carbocycles. The first-order chi connectivity index (χ1) is 7.34. The predicted octanol–water partition coefficient (Wildman–Crippen LogP) is 1.86. The number of aliphatic hydroxyl groups is 1. The summed E-state index contributed by atoms with van der Waals surface area (Å²) < 4.78 is 5.81. The van der Waals surface area contributed by atoms with Gasteiger partial charge in [0.05, 0.1) is 18.8 Å². The van der Waals surface area contributed by atoms with Gasteiger partial charge in [0, 0.05) is 0 Å². The minimum absolute atomic E-state index is 0.